The van der Waals surface area contributed by atoms with Crippen molar-refractivity contribution < 1.29 is 0 Å². The van der Waals surface area contributed by atoms with Gasteiger partial charge in [0.25, 0.3) is 0 Å². The van der Waals surface area contributed by atoms with E-state index >= 15 is 0 Å². The topological polar surface area (TPSA) is 12.9 Å². The molecule has 16 heavy (non-hydrogen) atoms. The summed E-state index contributed by atoms with van der Waals surface area (Å²) < 4.78 is 0. The summed E-state index contributed by atoms with van der Waals surface area (Å²) in [5, 5.41) is 4.04. The normalized spacial score (nSPS) is 14.1. The molecule has 1 aromatic heterocycles. The lowest BCUT2D eigenvalue weighted by atomic mass is 9.93. The minimum Gasteiger partial charge on any atom is -0.245 e. The number of thiazole rings is 1. The van der Waals surface area contributed by atoms with Gasteiger partial charge in [-0.25, -0.2) is 4.98 Å². The lowest BCUT2D eigenvalue weighted by Gasteiger charge is -2.14. The van der Waals surface area contributed by atoms with Gasteiger partial charge in [-0.15, -0.1) is 22.9 Å². The highest BCUT2D eigenvalue weighted by Gasteiger charge is 2.17. The number of hydrogen-bond acceptors (Lipinski definition) is 3. The van der Waals surface area contributed by atoms with Crippen LogP contribution >= 0.6 is 34.7 Å². The van der Waals surface area contributed by atoms with Crippen molar-refractivity contribution in [1.82, 2.24) is 4.98 Å². The summed E-state index contributed by atoms with van der Waals surface area (Å²) in [6.45, 7) is 8.84. The maximum atomic E-state index is 5.72. The first-order valence-corrected chi connectivity index (χ1v) is 8.02. The van der Waals surface area contributed by atoms with Crippen LogP contribution in [0.15, 0.2) is 5.38 Å². The predicted molar refractivity (Wildman–Crippen MR) is 76.9 cm³/mol. The summed E-state index contributed by atoms with van der Waals surface area (Å²) in [4.78, 5) is 4.68. The average Bonchev–Trinajstić information content (AvgIpc) is 2.63. The van der Waals surface area contributed by atoms with Gasteiger partial charge in [0, 0.05) is 27.7 Å². The van der Waals surface area contributed by atoms with Gasteiger partial charge in [-0.1, -0.05) is 27.7 Å². The van der Waals surface area contributed by atoms with Crippen LogP contribution in [0.4, 0.5) is 0 Å². The number of nitrogens with zero attached hydrogens (tertiary/aromatic N) is 1. The van der Waals surface area contributed by atoms with Gasteiger partial charge in [0.05, 0.1) is 5.69 Å². The van der Waals surface area contributed by atoms with Crippen LogP contribution in [-0.2, 0) is 11.2 Å². The molecular formula is C12H20ClNS2. The van der Waals surface area contributed by atoms with E-state index in [1.165, 1.54) is 10.7 Å². The van der Waals surface area contributed by atoms with E-state index in [0.717, 1.165) is 18.1 Å². The maximum Gasteiger partial charge on any atom is 0.103 e. The Morgan fingerprint density at radius 3 is 2.69 bits per heavy atom. The van der Waals surface area contributed by atoms with Crippen molar-refractivity contribution in [1.29, 1.82) is 0 Å². The zero-order valence-electron chi connectivity index (χ0n) is 10.4. The molecule has 0 spiro atoms. The monoisotopic (exact) mass is 277 g/mol. The SMILES string of the molecule is CC(CCCl)SCc1nc(C(C)(C)C)cs1. The quantitative estimate of drug-likeness (QED) is 0.724. The zero-order valence-corrected chi connectivity index (χ0v) is 12.8. The van der Waals surface area contributed by atoms with E-state index in [-0.39, 0.29) is 5.41 Å². The second-order valence-electron chi connectivity index (χ2n) is 4.98. The van der Waals surface area contributed by atoms with Crippen LogP contribution in [0, 0.1) is 0 Å². The van der Waals surface area contributed by atoms with Crippen molar-refractivity contribution in [2.75, 3.05) is 5.88 Å². The van der Waals surface area contributed by atoms with E-state index in [1.807, 2.05) is 11.8 Å². The summed E-state index contributed by atoms with van der Waals surface area (Å²) >= 11 is 9.43. The van der Waals surface area contributed by atoms with Crippen LogP contribution in [0.3, 0.4) is 0 Å². The van der Waals surface area contributed by atoms with E-state index in [4.69, 9.17) is 11.6 Å². The molecule has 0 aromatic carbocycles. The number of hydrogen-bond donors (Lipinski definition) is 0. The number of thioether (sulfide) groups is 1. The molecule has 0 saturated carbocycles. The molecule has 0 bridgehead atoms. The first kappa shape index (κ1) is 14.3. The Kier molecular flexibility index (Phi) is 5.62. The first-order chi connectivity index (χ1) is 7.43. The highest BCUT2D eigenvalue weighted by Crippen LogP contribution is 2.27. The molecule has 1 heterocycles. The largest absolute Gasteiger partial charge is 0.245 e. The van der Waals surface area contributed by atoms with E-state index < -0.39 is 0 Å². The van der Waals surface area contributed by atoms with Crippen molar-refractivity contribution in [3.63, 3.8) is 0 Å². The van der Waals surface area contributed by atoms with E-state index in [1.54, 1.807) is 11.3 Å². The summed E-state index contributed by atoms with van der Waals surface area (Å²) in [7, 11) is 0. The van der Waals surface area contributed by atoms with Crippen molar-refractivity contribution in [2.45, 2.75) is 50.5 Å². The molecular weight excluding hydrogens is 258 g/mol. The third kappa shape index (κ3) is 4.64. The van der Waals surface area contributed by atoms with Crippen LogP contribution in [0.25, 0.3) is 0 Å². The Hall–Kier alpha value is 0.270. The van der Waals surface area contributed by atoms with Gasteiger partial charge >= 0.3 is 0 Å². The summed E-state index contributed by atoms with van der Waals surface area (Å²) in [6, 6.07) is 0. The molecule has 1 atom stereocenters. The summed E-state index contributed by atoms with van der Waals surface area (Å²) in [6.07, 6.45) is 1.07. The number of rotatable bonds is 5. The standard InChI is InChI=1S/C12H20ClNS2/c1-9(5-6-13)15-8-11-14-10(7-16-11)12(2,3)4/h7,9H,5-6,8H2,1-4H3. The lowest BCUT2D eigenvalue weighted by molar-refractivity contribution is 0.572. The van der Waals surface area contributed by atoms with Crippen molar-refractivity contribution >= 4 is 34.7 Å². The van der Waals surface area contributed by atoms with E-state index in [9.17, 15) is 0 Å². The third-order valence-electron chi connectivity index (χ3n) is 2.33. The van der Waals surface area contributed by atoms with Gasteiger partial charge in [0.2, 0.25) is 0 Å². The van der Waals surface area contributed by atoms with Gasteiger partial charge in [0.15, 0.2) is 0 Å². The molecule has 92 valence electrons. The molecule has 0 aliphatic rings. The van der Waals surface area contributed by atoms with Crippen LogP contribution in [0.5, 0.6) is 0 Å². The maximum absolute atomic E-state index is 5.72. The molecule has 0 saturated heterocycles. The second-order valence-corrected chi connectivity index (χ2v) is 7.72. The predicted octanol–water partition coefficient (Wildman–Crippen LogP) is 4.69. The van der Waals surface area contributed by atoms with Crippen molar-refractivity contribution in [3.05, 3.63) is 16.1 Å². The van der Waals surface area contributed by atoms with Crippen molar-refractivity contribution in [3.8, 4) is 0 Å². The van der Waals surface area contributed by atoms with Crippen LogP contribution in [0.1, 0.15) is 44.8 Å². The van der Waals surface area contributed by atoms with Gasteiger partial charge in [-0.3, -0.25) is 0 Å². The van der Waals surface area contributed by atoms with Gasteiger partial charge in [-0.05, 0) is 6.42 Å². The van der Waals surface area contributed by atoms with Crippen molar-refractivity contribution in [2.24, 2.45) is 0 Å². The Morgan fingerprint density at radius 1 is 1.50 bits per heavy atom. The fourth-order valence-electron chi connectivity index (χ4n) is 1.17. The minimum atomic E-state index is 0.168. The van der Waals surface area contributed by atoms with Gasteiger partial charge < -0.3 is 0 Å². The lowest BCUT2D eigenvalue weighted by Crippen LogP contribution is -2.11. The van der Waals surface area contributed by atoms with Gasteiger partial charge in [0.1, 0.15) is 5.01 Å². The van der Waals surface area contributed by atoms with Crippen LogP contribution < -0.4 is 0 Å². The molecule has 1 rings (SSSR count). The molecule has 0 radical (unpaired) electrons. The molecule has 0 fully saturated rings. The van der Waals surface area contributed by atoms with Crippen LogP contribution in [0.2, 0.25) is 0 Å². The molecule has 0 N–H and O–H groups in total. The Morgan fingerprint density at radius 2 is 2.19 bits per heavy atom. The van der Waals surface area contributed by atoms with Crippen LogP contribution in [-0.4, -0.2) is 16.1 Å². The molecule has 4 heteroatoms. The number of alkyl halides is 1. The average molecular weight is 278 g/mol. The second kappa shape index (κ2) is 6.27. The Labute approximate surface area is 112 Å². The van der Waals surface area contributed by atoms with Gasteiger partial charge in [-0.2, -0.15) is 11.8 Å². The molecule has 1 unspecified atom stereocenters. The third-order valence-corrected chi connectivity index (χ3v) is 4.82. The highest BCUT2D eigenvalue weighted by atomic mass is 35.5. The molecule has 1 nitrogen and oxygen atoms in total. The minimum absolute atomic E-state index is 0.168. The Balaban J connectivity index is 2.47. The molecule has 1 aromatic rings. The molecule has 0 aliphatic heterocycles. The fraction of sp³-hybridized carbons (Fsp3) is 0.750. The fourth-order valence-corrected chi connectivity index (χ4v) is 3.69. The summed E-state index contributed by atoms with van der Waals surface area (Å²) in [5.74, 6) is 1.76. The number of halogens is 1. The van der Waals surface area contributed by atoms with E-state index in [2.05, 4.69) is 38.1 Å². The number of aromatic nitrogens is 1. The first-order valence-electron chi connectivity index (χ1n) is 5.56. The molecule has 0 aliphatic carbocycles. The van der Waals surface area contributed by atoms with E-state index in [0.29, 0.717) is 5.25 Å². The smallest absolute Gasteiger partial charge is 0.103 e. The highest BCUT2D eigenvalue weighted by molar-refractivity contribution is 7.99. The molecule has 0 amide bonds. The summed E-state index contributed by atoms with van der Waals surface area (Å²) in [5.41, 5.74) is 1.37. The Bertz CT molecular complexity index is 317. The zero-order chi connectivity index (χ0) is 12.2.